The molecule has 0 aliphatic heterocycles. The Labute approximate surface area is 124 Å². The third kappa shape index (κ3) is 4.95. The predicted molar refractivity (Wildman–Crippen MR) is 80.2 cm³/mol. The van der Waals surface area contributed by atoms with Crippen molar-refractivity contribution in [1.82, 2.24) is 10.6 Å². The first kappa shape index (κ1) is 15.1. The molecule has 112 valence electrons. The Bertz CT molecular complexity index is 552. The molecule has 0 radical (unpaired) electrons. The Kier molecular flexibility index (Phi) is 5.37. The molecule has 21 heavy (non-hydrogen) atoms. The summed E-state index contributed by atoms with van der Waals surface area (Å²) < 4.78 is 0. The summed E-state index contributed by atoms with van der Waals surface area (Å²) in [6, 6.07) is 6.32. The lowest BCUT2D eigenvalue weighted by Crippen LogP contribution is -2.35. The fourth-order valence-electron chi connectivity index (χ4n) is 2.36. The molecule has 0 spiro atoms. The molecule has 0 saturated heterocycles. The van der Waals surface area contributed by atoms with Gasteiger partial charge in [0.15, 0.2) is 0 Å². The molecule has 0 saturated carbocycles. The van der Waals surface area contributed by atoms with Gasteiger partial charge in [-0.1, -0.05) is 23.8 Å². The highest BCUT2D eigenvalue weighted by atomic mass is 16.4. The van der Waals surface area contributed by atoms with Gasteiger partial charge in [0.25, 0.3) is 0 Å². The van der Waals surface area contributed by atoms with Crippen molar-refractivity contribution in [3.05, 3.63) is 47.0 Å². The molecule has 1 aliphatic rings. The van der Waals surface area contributed by atoms with E-state index in [0.717, 1.165) is 24.8 Å². The largest absolute Gasteiger partial charge is 0.478 e. The molecule has 1 aromatic carbocycles. The summed E-state index contributed by atoms with van der Waals surface area (Å²) >= 11 is 0. The van der Waals surface area contributed by atoms with Crippen molar-refractivity contribution in [2.75, 3.05) is 6.54 Å². The van der Waals surface area contributed by atoms with E-state index in [4.69, 9.17) is 5.11 Å². The van der Waals surface area contributed by atoms with E-state index in [9.17, 15) is 9.59 Å². The number of rotatable bonds is 6. The van der Waals surface area contributed by atoms with Crippen molar-refractivity contribution >= 4 is 12.0 Å². The second-order valence-corrected chi connectivity index (χ2v) is 5.12. The number of carbonyl (C=O) groups is 2. The predicted octanol–water partition coefficient (Wildman–Crippen LogP) is 2.68. The van der Waals surface area contributed by atoms with Gasteiger partial charge in [0.05, 0.1) is 5.56 Å². The Balaban J connectivity index is 1.70. The number of carbonyl (C=O) groups excluding carboxylic acids is 1. The molecular weight excluding hydrogens is 268 g/mol. The van der Waals surface area contributed by atoms with E-state index in [1.54, 1.807) is 18.2 Å². The van der Waals surface area contributed by atoms with Gasteiger partial charge in [0, 0.05) is 13.1 Å². The molecule has 1 aromatic rings. The van der Waals surface area contributed by atoms with Gasteiger partial charge in [-0.2, -0.15) is 0 Å². The molecule has 0 aromatic heterocycles. The fraction of sp³-hybridized carbons (Fsp3) is 0.375. The average Bonchev–Trinajstić information content (AvgIpc) is 2.99. The van der Waals surface area contributed by atoms with E-state index < -0.39 is 5.97 Å². The molecule has 3 N–H and O–H groups in total. The van der Waals surface area contributed by atoms with Crippen molar-refractivity contribution in [1.29, 1.82) is 0 Å². The maximum atomic E-state index is 11.7. The van der Waals surface area contributed by atoms with Crippen LogP contribution in [0.3, 0.4) is 0 Å². The van der Waals surface area contributed by atoms with Crippen molar-refractivity contribution in [2.45, 2.75) is 32.2 Å². The van der Waals surface area contributed by atoms with E-state index in [0.29, 0.717) is 13.1 Å². The third-order valence-corrected chi connectivity index (χ3v) is 3.49. The smallest absolute Gasteiger partial charge is 0.335 e. The van der Waals surface area contributed by atoms with Crippen LogP contribution in [0.1, 0.15) is 41.6 Å². The molecule has 0 heterocycles. The first-order valence-corrected chi connectivity index (χ1v) is 7.17. The number of carboxylic acid groups (broad SMARTS) is 1. The lowest BCUT2D eigenvalue weighted by Gasteiger charge is -2.08. The first-order valence-electron chi connectivity index (χ1n) is 7.17. The molecule has 0 unspecified atom stereocenters. The summed E-state index contributed by atoms with van der Waals surface area (Å²) in [5.74, 6) is -0.967. The van der Waals surface area contributed by atoms with Crippen LogP contribution in [-0.2, 0) is 6.54 Å². The minimum Gasteiger partial charge on any atom is -0.478 e. The molecule has 0 atom stereocenters. The van der Waals surface area contributed by atoms with Crippen LogP contribution in [0.2, 0.25) is 0 Å². The highest BCUT2D eigenvalue weighted by molar-refractivity contribution is 5.87. The second kappa shape index (κ2) is 7.47. The van der Waals surface area contributed by atoms with Crippen molar-refractivity contribution in [3.63, 3.8) is 0 Å². The highest BCUT2D eigenvalue weighted by Crippen LogP contribution is 2.19. The van der Waals surface area contributed by atoms with Crippen LogP contribution in [-0.4, -0.2) is 23.7 Å². The summed E-state index contributed by atoms with van der Waals surface area (Å²) in [7, 11) is 0. The normalized spacial score (nSPS) is 13.6. The van der Waals surface area contributed by atoms with Gasteiger partial charge in [-0.25, -0.2) is 9.59 Å². The maximum absolute atomic E-state index is 11.7. The highest BCUT2D eigenvalue weighted by Gasteiger charge is 2.06. The van der Waals surface area contributed by atoms with Crippen molar-refractivity contribution < 1.29 is 14.7 Å². The van der Waals surface area contributed by atoms with Crippen LogP contribution < -0.4 is 10.6 Å². The summed E-state index contributed by atoms with van der Waals surface area (Å²) in [4.78, 5) is 22.5. The number of nitrogens with one attached hydrogen (secondary N) is 2. The van der Waals surface area contributed by atoms with Crippen molar-refractivity contribution in [2.24, 2.45) is 0 Å². The maximum Gasteiger partial charge on any atom is 0.335 e. The number of aromatic carboxylic acids is 1. The Morgan fingerprint density at radius 3 is 2.81 bits per heavy atom. The van der Waals surface area contributed by atoms with Gasteiger partial charge < -0.3 is 15.7 Å². The SMILES string of the molecule is O=C(NCCC1=CCCC1)NCc1cccc(C(=O)O)c1. The number of hydrogen-bond acceptors (Lipinski definition) is 2. The number of allylic oxidation sites excluding steroid dienone is 1. The topological polar surface area (TPSA) is 78.4 Å². The molecule has 0 bridgehead atoms. The molecule has 2 rings (SSSR count). The van der Waals surface area contributed by atoms with E-state index in [-0.39, 0.29) is 11.6 Å². The summed E-state index contributed by atoms with van der Waals surface area (Å²) in [5, 5.41) is 14.4. The molecule has 2 amide bonds. The second-order valence-electron chi connectivity index (χ2n) is 5.12. The van der Waals surface area contributed by atoms with Crippen LogP contribution in [0.4, 0.5) is 4.79 Å². The minimum absolute atomic E-state index is 0.225. The van der Waals surface area contributed by atoms with Crippen LogP contribution in [0, 0.1) is 0 Å². The van der Waals surface area contributed by atoms with Crippen LogP contribution >= 0.6 is 0 Å². The average molecular weight is 288 g/mol. The zero-order valence-corrected chi connectivity index (χ0v) is 11.9. The van der Waals surface area contributed by atoms with Gasteiger partial charge in [-0.05, 0) is 43.4 Å². The van der Waals surface area contributed by atoms with Gasteiger partial charge >= 0.3 is 12.0 Å². The number of benzene rings is 1. The molecule has 5 nitrogen and oxygen atoms in total. The lowest BCUT2D eigenvalue weighted by atomic mass is 10.1. The van der Waals surface area contributed by atoms with E-state index in [1.807, 2.05) is 0 Å². The van der Waals surface area contributed by atoms with Gasteiger partial charge in [0.1, 0.15) is 0 Å². The van der Waals surface area contributed by atoms with Crippen molar-refractivity contribution in [3.8, 4) is 0 Å². The van der Waals surface area contributed by atoms with E-state index >= 15 is 0 Å². The Morgan fingerprint density at radius 1 is 1.24 bits per heavy atom. The van der Waals surface area contributed by atoms with Crippen LogP contribution in [0.25, 0.3) is 0 Å². The fourth-order valence-corrected chi connectivity index (χ4v) is 2.36. The Hall–Kier alpha value is -2.30. The summed E-state index contributed by atoms with van der Waals surface area (Å²) in [5.41, 5.74) is 2.41. The number of hydrogen-bond donors (Lipinski definition) is 3. The monoisotopic (exact) mass is 288 g/mol. The molecule has 0 fully saturated rings. The van der Waals surface area contributed by atoms with Gasteiger partial charge in [0.2, 0.25) is 0 Å². The number of amides is 2. The number of urea groups is 1. The molecular formula is C16H20N2O3. The zero-order valence-electron chi connectivity index (χ0n) is 11.9. The van der Waals surface area contributed by atoms with Gasteiger partial charge in [-0.3, -0.25) is 0 Å². The summed E-state index contributed by atoms with van der Waals surface area (Å²) in [6.45, 7) is 0.947. The quantitative estimate of drug-likeness (QED) is 0.704. The van der Waals surface area contributed by atoms with Crippen LogP contribution in [0.5, 0.6) is 0 Å². The minimum atomic E-state index is -0.967. The van der Waals surface area contributed by atoms with Gasteiger partial charge in [-0.15, -0.1) is 0 Å². The lowest BCUT2D eigenvalue weighted by molar-refractivity contribution is 0.0696. The molecule has 5 heteroatoms. The standard InChI is InChI=1S/C16H20N2O3/c19-15(20)14-7-3-6-13(10-14)11-18-16(21)17-9-8-12-4-1-2-5-12/h3-4,6-7,10H,1-2,5,8-9,11H2,(H,19,20)(H2,17,18,21). The number of carboxylic acids is 1. The van der Waals surface area contributed by atoms with Crippen LogP contribution in [0.15, 0.2) is 35.9 Å². The van der Waals surface area contributed by atoms with E-state index in [1.165, 1.54) is 18.1 Å². The zero-order chi connectivity index (χ0) is 15.1. The molecule has 1 aliphatic carbocycles. The first-order chi connectivity index (χ1) is 10.1. The third-order valence-electron chi connectivity index (χ3n) is 3.49. The van der Waals surface area contributed by atoms with E-state index in [2.05, 4.69) is 16.7 Å². The summed E-state index contributed by atoms with van der Waals surface area (Å²) in [6.07, 6.45) is 6.67. The Morgan fingerprint density at radius 2 is 2.10 bits per heavy atom.